The number of hydrogen-bond acceptors (Lipinski definition) is 3. The molecule has 1 amide bonds. The highest BCUT2D eigenvalue weighted by molar-refractivity contribution is 6.30. The third-order valence-corrected chi connectivity index (χ3v) is 5.64. The summed E-state index contributed by atoms with van der Waals surface area (Å²) in [6.45, 7) is 3.80. The molecule has 6 heteroatoms. The van der Waals surface area contributed by atoms with E-state index in [-0.39, 0.29) is 11.9 Å². The first-order valence-electron chi connectivity index (χ1n) is 9.98. The maximum atomic E-state index is 12.3. The zero-order chi connectivity index (χ0) is 20.2. The van der Waals surface area contributed by atoms with E-state index in [4.69, 9.17) is 11.6 Å². The molecule has 0 atom stereocenters. The minimum atomic E-state index is 0.0945. The summed E-state index contributed by atoms with van der Waals surface area (Å²) in [6, 6.07) is 18.1. The number of anilines is 1. The number of carbonyl (C=O) groups excluding carboxylic acids is 1. The molecule has 1 aliphatic heterocycles. The van der Waals surface area contributed by atoms with Crippen LogP contribution in [-0.2, 0) is 11.2 Å². The van der Waals surface area contributed by atoms with Crippen molar-refractivity contribution in [3.63, 3.8) is 0 Å². The number of hydrogen-bond donors (Lipinski definition) is 2. The fourth-order valence-electron chi connectivity index (χ4n) is 3.67. The number of amides is 1. The van der Waals surface area contributed by atoms with Gasteiger partial charge in [0.15, 0.2) is 5.82 Å². The number of aromatic nitrogens is 2. The Labute approximate surface area is 176 Å². The summed E-state index contributed by atoms with van der Waals surface area (Å²) in [5, 5.41) is 11.5. The molecule has 5 nitrogen and oxygen atoms in total. The molecule has 4 rings (SSSR count). The molecule has 0 unspecified atom stereocenters. The average Bonchev–Trinajstić information content (AvgIpc) is 3.21. The Morgan fingerprint density at radius 3 is 2.52 bits per heavy atom. The fourth-order valence-corrected chi connectivity index (χ4v) is 3.80. The number of halogens is 1. The van der Waals surface area contributed by atoms with Gasteiger partial charge in [0.2, 0.25) is 5.91 Å². The summed E-state index contributed by atoms with van der Waals surface area (Å²) in [7, 11) is 0. The van der Waals surface area contributed by atoms with Gasteiger partial charge in [-0.2, -0.15) is 5.10 Å². The van der Waals surface area contributed by atoms with Crippen molar-refractivity contribution in [3.8, 4) is 11.3 Å². The minimum Gasteiger partial charge on any atom is -0.355 e. The smallest absolute Gasteiger partial charge is 0.224 e. The van der Waals surface area contributed by atoms with Crippen LogP contribution in [0, 0.1) is 6.92 Å². The molecular formula is C23H25ClN4O. The van der Waals surface area contributed by atoms with Gasteiger partial charge in [0.1, 0.15) is 0 Å². The van der Waals surface area contributed by atoms with Crippen molar-refractivity contribution in [2.24, 2.45) is 0 Å². The van der Waals surface area contributed by atoms with Crippen LogP contribution in [0.1, 0.15) is 24.0 Å². The summed E-state index contributed by atoms with van der Waals surface area (Å²) < 4.78 is 0. The number of rotatable bonds is 5. The van der Waals surface area contributed by atoms with Crippen molar-refractivity contribution in [1.29, 1.82) is 0 Å². The van der Waals surface area contributed by atoms with Gasteiger partial charge >= 0.3 is 0 Å². The van der Waals surface area contributed by atoms with E-state index in [9.17, 15) is 4.79 Å². The van der Waals surface area contributed by atoms with Gasteiger partial charge in [0, 0.05) is 30.2 Å². The van der Waals surface area contributed by atoms with Crippen LogP contribution in [0.5, 0.6) is 0 Å². The molecular weight excluding hydrogens is 384 g/mol. The standard InChI is InChI=1S/C23H25ClN4O/c1-16-2-4-17(5-3-16)14-23(29)25-20-10-12-28(13-11-20)22-15-21(26-27-22)18-6-8-19(24)9-7-18/h2-9,15,20H,10-14H2,1H3,(H,25,29)(H,26,27). The second-order valence-electron chi connectivity index (χ2n) is 7.64. The van der Waals surface area contributed by atoms with Gasteiger partial charge < -0.3 is 10.2 Å². The summed E-state index contributed by atoms with van der Waals surface area (Å²) in [5.41, 5.74) is 4.30. The van der Waals surface area contributed by atoms with Crippen LogP contribution in [0.15, 0.2) is 54.6 Å². The minimum absolute atomic E-state index is 0.0945. The van der Waals surface area contributed by atoms with E-state index in [0.29, 0.717) is 6.42 Å². The van der Waals surface area contributed by atoms with Gasteiger partial charge in [-0.15, -0.1) is 0 Å². The summed E-state index contributed by atoms with van der Waals surface area (Å²) in [6.07, 6.45) is 2.27. The Morgan fingerprint density at radius 2 is 1.83 bits per heavy atom. The lowest BCUT2D eigenvalue weighted by Gasteiger charge is -2.32. The maximum absolute atomic E-state index is 12.3. The molecule has 1 aliphatic rings. The van der Waals surface area contributed by atoms with Crippen molar-refractivity contribution in [3.05, 3.63) is 70.7 Å². The Bertz CT molecular complexity index is 957. The van der Waals surface area contributed by atoms with Crippen LogP contribution in [-0.4, -0.2) is 35.2 Å². The van der Waals surface area contributed by atoms with Crippen molar-refractivity contribution in [2.45, 2.75) is 32.2 Å². The first-order chi connectivity index (χ1) is 14.1. The molecule has 1 fully saturated rings. The van der Waals surface area contributed by atoms with Crippen molar-refractivity contribution in [2.75, 3.05) is 18.0 Å². The first-order valence-corrected chi connectivity index (χ1v) is 10.4. The zero-order valence-corrected chi connectivity index (χ0v) is 17.2. The molecule has 1 aromatic heterocycles. The van der Waals surface area contributed by atoms with E-state index < -0.39 is 0 Å². The van der Waals surface area contributed by atoms with Gasteiger partial charge in [-0.1, -0.05) is 53.6 Å². The summed E-state index contributed by atoms with van der Waals surface area (Å²) in [5.74, 6) is 1.04. The second-order valence-corrected chi connectivity index (χ2v) is 8.07. The highest BCUT2D eigenvalue weighted by Gasteiger charge is 2.22. The predicted octanol–water partition coefficient (Wildman–Crippen LogP) is 4.37. The number of nitrogens with one attached hydrogen (secondary N) is 2. The van der Waals surface area contributed by atoms with Crippen molar-refractivity contribution >= 4 is 23.3 Å². The quantitative estimate of drug-likeness (QED) is 0.659. The molecule has 1 saturated heterocycles. The van der Waals surface area contributed by atoms with E-state index in [1.807, 2.05) is 48.5 Å². The Hall–Kier alpha value is -2.79. The molecule has 0 radical (unpaired) electrons. The number of carbonyl (C=O) groups is 1. The fraction of sp³-hybridized carbons (Fsp3) is 0.304. The van der Waals surface area contributed by atoms with Crippen molar-refractivity contribution < 1.29 is 4.79 Å². The molecule has 0 bridgehead atoms. The molecule has 29 heavy (non-hydrogen) atoms. The highest BCUT2D eigenvalue weighted by atomic mass is 35.5. The number of benzene rings is 2. The third kappa shape index (κ3) is 4.98. The molecule has 150 valence electrons. The molecule has 0 spiro atoms. The van der Waals surface area contributed by atoms with Crippen LogP contribution in [0.25, 0.3) is 11.3 Å². The number of aryl methyl sites for hydroxylation is 1. The first kappa shape index (κ1) is 19.5. The predicted molar refractivity (Wildman–Crippen MR) is 117 cm³/mol. The van der Waals surface area contributed by atoms with Crippen LogP contribution >= 0.6 is 11.6 Å². The lowest BCUT2D eigenvalue weighted by molar-refractivity contribution is -0.121. The number of H-pyrrole nitrogens is 1. The van der Waals surface area contributed by atoms with Gasteiger partial charge in [0.05, 0.1) is 12.1 Å². The zero-order valence-electron chi connectivity index (χ0n) is 16.5. The normalized spacial score (nSPS) is 14.8. The SMILES string of the molecule is Cc1ccc(CC(=O)NC2CCN(c3cc(-c4ccc(Cl)cc4)[nH]n3)CC2)cc1. The van der Waals surface area contributed by atoms with Gasteiger partial charge in [-0.05, 0) is 43.0 Å². The highest BCUT2D eigenvalue weighted by Crippen LogP contribution is 2.25. The average molecular weight is 409 g/mol. The number of nitrogens with zero attached hydrogens (tertiary/aromatic N) is 2. The molecule has 0 saturated carbocycles. The molecule has 3 aromatic rings. The molecule has 2 N–H and O–H groups in total. The van der Waals surface area contributed by atoms with E-state index >= 15 is 0 Å². The van der Waals surface area contributed by atoms with E-state index in [0.717, 1.165) is 53.6 Å². The monoisotopic (exact) mass is 408 g/mol. The van der Waals surface area contributed by atoms with Crippen LogP contribution < -0.4 is 10.2 Å². The van der Waals surface area contributed by atoms with Crippen molar-refractivity contribution in [1.82, 2.24) is 15.5 Å². The third-order valence-electron chi connectivity index (χ3n) is 5.39. The molecule has 0 aliphatic carbocycles. The second kappa shape index (κ2) is 8.70. The Morgan fingerprint density at radius 1 is 1.14 bits per heavy atom. The number of aromatic amines is 1. The van der Waals surface area contributed by atoms with Gasteiger partial charge in [-0.25, -0.2) is 0 Å². The van der Waals surface area contributed by atoms with Crippen LogP contribution in [0.3, 0.4) is 0 Å². The van der Waals surface area contributed by atoms with Gasteiger partial charge in [-0.3, -0.25) is 9.89 Å². The Kier molecular flexibility index (Phi) is 5.86. The summed E-state index contributed by atoms with van der Waals surface area (Å²) >= 11 is 5.96. The lowest BCUT2D eigenvalue weighted by Crippen LogP contribution is -2.45. The molecule has 2 aromatic carbocycles. The van der Waals surface area contributed by atoms with Crippen LogP contribution in [0.2, 0.25) is 5.02 Å². The topological polar surface area (TPSA) is 61.0 Å². The van der Waals surface area contributed by atoms with E-state index in [2.05, 4.69) is 33.4 Å². The largest absolute Gasteiger partial charge is 0.355 e. The van der Waals surface area contributed by atoms with E-state index in [1.54, 1.807) is 0 Å². The lowest BCUT2D eigenvalue weighted by atomic mass is 10.0. The Balaban J connectivity index is 1.28. The summed E-state index contributed by atoms with van der Waals surface area (Å²) in [4.78, 5) is 14.6. The maximum Gasteiger partial charge on any atom is 0.224 e. The molecule has 2 heterocycles. The van der Waals surface area contributed by atoms with E-state index in [1.165, 1.54) is 5.56 Å². The van der Waals surface area contributed by atoms with Crippen LogP contribution in [0.4, 0.5) is 5.82 Å². The number of piperidine rings is 1. The van der Waals surface area contributed by atoms with Gasteiger partial charge in [0.25, 0.3) is 0 Å².